The molecule has 1 heterocycles. The van der Waals surface area contributed by atoms with Crippen LogP contribution in [-0.4, -0.2) is 9.36 Å². The maximum atomic E-state index is 8.95. The highest BCUT2D eigenvalue weighted by Gasteiger charge is 2.09. The molecule has 0 saturated heterocycles. The molecule has 0 aliphatic rings. The molecule has 0 saturated carbocycles. The van der Waals surface area contributed by atoms with Crippen LogP contribution in [0, 0.1) is 11.3 Å². The third-order valence-electron chi connectivity index (χ3n) is 1.63. The molecule has 6 heteroatoms. The van der Waals surface area contributed by atoms with Crippen LogP contribution >= 0.6 is 34.9 Å². The van der Waals surface area contributed by atoms with Crippen LogP contribution in [0.2, 0.25) is 5.02 Å². The Labute approximate surface area is 99.9 Å². The van der Waals surface area contributed by atoms with Gasteiger partial charge in [-0.3, -0.25) is 0 Å². The Balaban J connectivity index is 2.37. The van der Waals surface area contributed by atoms with Gasteiger partial charge in [-0.2, -0.15) is 9.64 Å². The van der Waals surface area contributed by atoms with Crippen molar-refractivity contribution in [1.29, 1.82) is 5.26 Å². The van der Waals surface area contributed by atoms with Crippen LogP contribution in [-0.2, 0) is 0 Å². The number of nitriles is 1. The molecule has 2 rings (SSSR count). The first-order valence-corrected chi connectivity index (χ1v) is 5.91. The predicted molar refractivity (Wildman–Crippen MR) is 60.2 cm³/mol. The Kier molecular flexibility index (Phi) is 3.21. The zero-order chi connectivity index (χ0) is 10.7. The summed E-state index contributed by atoms with van der Waals surface area (Å²) in [4.78, 5) is 4.84. The van der Waals surface area contributed by atoms with Crippen LogP contribution in [0.25, 0.3) is 0 Å². The fourth-order valence-electron chi connectivity index (χ4n) is 1.000. The van der Waals surface area contributed by atoms with E-state index in [1.54, 1.807) is 6.07 Å². The first-order valence-electron chi connectivity index (χ1n) is 3.94. The predicted octanol–water partition coefficient (Wildman–Crippen LogP) is 3.21. The van der Waals surface area contributed by atoms with E-state index >= 15 is 0 Å². The normalized spacial score (nSPS) is 9.87. The summed E-state index contributed by atoms with van der Waals surface area (Å²) in [5.41, 5.74) is 0.486. The van der Waals surface area contributed by atoms with Crippen LogP contribution in [0.3, 0.4) is 0 Å². The molecule has 15 heavy (non-hydrogen) atoms. The third-order valence-corrected chi connectivity index (χ3v) is 3.72. The van der Waals surface area contributed by atoms with Gasteiger partial charge in [0.25, 0.3) is 0 Å². The Morgan fingerprint density at radius 2 is 2.33 bits per heavy atom. The highest BCUT2D eigenvalue weighted by molar-refractivity contribution is 8.01. The number of hydrogen-bond acceptors (Lipinski definition) is 5. The Morgan fingerprint density at radius 1 is 1.47 bits per heavy atom. The van der Waals surface area contributed by atoms with Gasteiger partial charge in [0, 0.05) is 4.90 Å². The summed E-state index contributed by atoms with van der Waals surface area (Å²) in [5.74, 6) is 0. The van der Waals surface area contributed by atoms with Crippen LogP contribution < -0.4 is 0 Å². The number of benzene rings is 1. The van der Waals surface area contributed by atoms with E-state index in [9.17, 15) is 0 Å². The van der Waals surface area contributed by atoms with Crippen LogP contribution in [0.15, 0.2) is 33.8 Å². The van der Waals surface area contributed by atoms with Crippen molar-refractivity contribution in [2.75, 3.05) is 0 Å². The zero-order valence-corrected chi connectivity index (χ0v) is 9.73. The van der Waals surface area contributed by atoms with Gasteiger partial charge >= 0.3 is 0 Å². The van der Waals surface area contributed by atoms with Crippen molar-refractivity contribution in [2.45, 2.75) is 9.24 Å². The SMILES string of the molecule is N#Cc1c(Cl)cccc1Sc1ncns1. The van der Waals surface area contributed by atoms with E-state index in [4.69, 9.17) is 16.9 Å². The average Bonchev–Trinajstić information content (AvgIpc) is 2.71. The van der Waals surface area contributed by atoms with Crippen molar-refractivity contribution in [1.82, 2.24) is 9.36 Å². The van der Waals surface area contributed by atoms with E-state index in [1.807, 2.05) is 12.1 Å². The number of aromatic nitrogens is 2. The molecule has 0 spiro atoms. The molecule has 1 aromatic carbocycles. The molecule has 0 amide bonds. The minimum atomic E-state index is 0.465. The molecular weight excluding hydrogens is 250 g/mol. The Bertz CT molecular complexity index is 505. The smallest absolute Gasteiger partial charge is 0.174 e. The number of nitrogens with zero attached hydrogens (tertiary/aromatic N) is 3. The summed E-state index contributed by atoms with van der Waals surface area (Å²) in [7, 11) is 0. The zero-order valence-electron chi connectivity index (χ0n) is 7.35. The third kappa shape index (κ3) is 2.29. The lowest BCUT2D eigenvalue weighted by atomic mass is 10.2. The summed E-state index contributed by atoms with van der Waals surface area (Å²) >= 11 is 8.59. The average molecular weight is 254 g/mol. The molecule has 3 nitrogen and oxygen atoms in total. The molecule has 0 aliphatic carbocycles. The van der Waals surface area contributed by atoms with Crippen molar-refractivity contribution in [3.05, 3.63) is 35.1 Å². The largest absolute Gasteiger partial charge is 0.216 e. The quantitative estimate of drug-likeness (QED) is 0.825. The summed E-state index contributed by atoms with van der Waals surface area (Å²) < 4.78 is 4.69. The maximum Gasteiger partial charge on any atom is 0.174 e. The standard InChI is InChI=1S/C9H4ClN3S2/c10-7-2-1-3-8(6(7)4-11)14-9-12-5-13-15-9/h1-3,5H. The molecule has 0 aliphatic heterocycles. The molecular formula is C9H4ClN3S2. The maximum absolute atomic E-state index is 8.95. The van der Waals surface area contributed by atoms with Crippen molar-refractivity contribution in [2.24, 2.45) is 0 Å². The van der Waals surface area contributed by atoms with E-state index < -0.39 is 0 Å². The second-order valence-electron chi connectivity index (χ2n) is 2.53. The van der Waals surface area contributed by atoms with Gasteiger partial charge in [0.05, 0.1) is 10.6 Å². The molecule has 0 radical (unpaired) electrons. The highest BCUT2D eigenvalue weighted by Crippen LogP contribution is 2.33. The molecule has 0 N–H and O–H groups in total. The number of rotatable bonds is 2. The van der Waals surface area contributed by atoms with Gasteiger partial charge in [-0.1, -0.05) is 29.4 Å². The first-order chi connectivity index (χ1) is 7.31. The summed E-state index contributed by atoms with van der Waals surface area (Å²) in [5, 5.41) is 9.41. The van der Waals surface area contributed by atoms with Crippen LogP contribution in [0.4, 0.5) is 0 Å². The van der Waals surface area contributed by atoms with Crippen LogP contribution in [0.1, 0.15) is 5.56 Å². The van der Waals surface area contributed by atoms with E-state index in [-0.39, 0.29) is 0 Å². The van der Waals surface area contributed by atoms with Gasteiger partial charge < -0.3 is 0 Å². The van der Waals surface area contributed by atoms with Crippen molar-refractivity contribution < 1.29 is 0 Å². The van der Waals surface area contributed by atoms with E-state index in [0.717, 1.165) is 9.24 Å². The lowest BCUT2D eigenvalue weighted by Gasteiger charge is -2.01. The molecule has 0 unspecified atom stereocenters. The molecule has 0 bridgehead atoms. The van der Waals surface area contributed by atoms with Gasteiger partial charge in [0.1, 0.15) is 12.4 Å². The van der Waals surface area contributed by atoms with Gasteiger partial charge in [0.2, 0.25) is 0 Å². The molecule has 2 aromatic rings. The summed E-state index contributed by atoms with van der Waals surface area (Å²) in [6.45, 7) is 0. The fraction of sp³-hybridized carbons (Fsp3) is 0. The lowest BCUT2D eigenvalue weighted by molar-refractivity contribution is 1.21. The number of hydrogen-bond donors (Lipinski definition) is 0. The van der Waals surface area contributed by atoms with E-state index in [2.05, 4.69) is 15.4 Å². The van der Waals surface area contributed by atoms with E-state index in [1.165, 1.54) is 29.6 Å². The minimum Gasteiger partial charge on any atom is -0.216 e. The summed E-state index contributed by atoms with van der Waals surface area (Å²) in [6, 6.07) is 7.43. The molecule has 1 aromatic heterocycles. The molecule has 0 atom stereocenters. The Hall–Kier alpha value is -1.09. The molecule has 0 fully saturated rings. The van der Waals surface area contributed by atoms with Gasteiger partial charge in [0.15, 0.2) is 4.34 Å². The van der Waals surface area contributed by atoms with Crippen molar-refractivity contribution >= 4 is 34.9 Å². The highest BCUT2D eigenvalue weighted by atomic mass is 35.5. The Morgan fingerprint density at radius 3 is 3.00 bits per heavy atom. The van der Waals surface area contributed by atoms with Crippen LogP contribution in [0.5, 0.6) is 0 Å². The van der Waals surface area contributed by atoms with Gasteiger partial charge in [-0.15, -0.1) is 0 Å². The topological polar surface area (TPSA) is 49.6 Å². The van der Waals surface area contributed by atoms with E-state index in [0.29, 0.717) is 10.6 Å². The first kappa shape index (κ1) is 10.4. The van der Waals surface area contributed by atoms with Gasteiger partial charge in [-0.25, -0.2) is 4.98 Å². The van der Waals surface area contributed by atoms with Gasteiger partial charge in [-0.05, 0) is 23.7 Å². The number of halogens is 1. The van der Waals surface area contributed by atoms with Crippen molar-refractivity contribution in [3.63, 3.8) is 0 Å². The molecule has 74 valence electrons. The van der Waals surface area contributed by atoms with Crippen molar-refractivity contribution in [3.8, 4) is 6.07 Å². The lowest BCUT2D eigenvalue weighted by Crippen LogP contribution is -1.82. The second-order valence-corrected chi connectivity index (χ2v) is 5.01. The second kappa shape index (κ2) is 4.62. The summed E-state index contributed by atoms with van der Waals surface area (Å²) in [6.07, 6.45) is 1.49. The monoisotopic (exact) mass is 253 g/mol. The minimum absolute atomic E-state index is 0.465. The fourth-order valence-corrected chi connectivity index (χ4v) is 2.79.